The molecule has 1 aromatic carbocycles. The number of aromatic nitrogens is 1. The number of benzene rings is 1. The second-order valence-electron chi connectivity index (χ2n) is 5.85. The summed E-state index contributed by atoms with van der Waals surface area (Å²) in [5.74, 6) is 0.499. The van der Waals surface area contributed by atoms with Gasteiger partial charge in [-0.25, -0.2) is 8.42 Å². The number of carbonyl (C=O) groups excluding carboxylic acids is 1. The summed E-state index contributed by atoms with van der Waals surface area (Å²) in [5, 5.41) is 2.79. The highest BCUT2D eigenvalue weighted by Gasteiger charge is 2.20. The van der Waals surface area contributed by atoms with Crippen molar-refractivity contribution in [3.8, 4) is 5.88 Å². The molecular formula is C17H19N3O4S. The van der Waals surface area contributed by atoms with Gasteiger partial charge in [-0.1, -0.05) is 6.07 Å². The van der Waals surface area contributed by atoms with E-state index >= 15 is 0 Å². The molecule has 0 bridgehead atoms. The largest absolute Gasteiger partial charge is 0.481 e. The van der Waals surface area contributed by atoms with E-state index in [0.717, 1.165) is 5.56 Å². The molecule has 1 aliphatic heterocycles. The fourth-order valence-corrected chi connectivity index (χ4v) is 3.76. The third-order valence-electron chi connectivity index (χ3n) is 4.02. The molecule has 8 heteroatoms. The first kappa shape index (κ1) is 17.2. The van der Waals surface area contributed by atoms with Crippen LogP contribution in [-0.4, -0.2) is 26.4 Å². The Balaban J connectivity index is 1.93. The topological polar surface area (TPSA) is 97.4 Å². The number of nitrogens with zero attached hydrogens (tertiary/aromatic N) is 1. The average Bonchev–Trinajstić information content (AvgIpc) is 2.76. The standard InChI is InChI=1S/C17H19N3O4S/c1-11-6-9-16(24-2)19-17(11)20-25(22,23)13-7-8-14-12(10-13)4-3-5-15(21)18-14/h6-10H,3-5H2,1-2H3,(H,18,21)(H,19,20). The Bertz CT molecular complexity index is 925. The number of nitrogens with one attached hydrogen (secondary N) is 2. The van der Waals surface area contributed by atoms with E-state index in [1.807, 2.05) is 0 Å². The number of hydrogen-bond acceptors (Lipinski definition) is 5. The van der Waals surface area contributed by atoms with E-state index < -0.39 is 10.0 Å². The van der Waals surface area contributed by atoms with E-state index in [1.165, 1.54) is 13.2 Å². The Kier molecular flexibility index (Phi) is 4.63. The van der Waals surface area contributed by atoms with Gasteiger partial charge in [0.25, 0.3) is 10.0 Å². The SMILES string of the molecule is COc1ccc(C)c(NS(=O)(=O)c2ccc3c(c2)CCCC(=O)N3)n1. The first-order valence-electron chi connectivity index (χ1n) is 7.86. The quantitative estimate of drug-likeness (QED) is 0.872. The van der Waals surface area contributed by atoms with Crippen molar-refractivity contribution in [1.82, 2.24) is 4.98 Å². The predicted molar refractivity (Wildman–Crippen MR) is 94.3 cm³/mol. The Morgan fingerprint density at radius 1 is 1.20 bits per heavy atom. The highest BCUT2D eigenvalue weighted by atomic mass is 32.2. The monoisotopic (exact) mass is 361 g/mol. The number of carbonyl (C=O) groups is 1. The van der Waals surface area contributed by atoms with Crippen LogP contribution < -0.4 is 14.8 Å². The molecule has 0 saturated heterocycles. The Morgan fingerprint density at radius 3 is 2.76 bits per heavy atom. The molecule has 0 fully saturated rings. The fourth-order valence-electron chi connectivity index (χ4n) is 2.63. The molecular weight excluding hydrogens is 342 g/mol. The van der Waals surface area contributed by atoms with Crippen LogP contribution >= 0.6 is 0 Å². The number of fused-ring (bicyclic) bond motifs is 1. The van der Waals surface area contributed by atoms with E-state index in [4.69, 9.17) is 4.74 Å². The normalized spacial score (nSPS) is 14.2. The van der Waals surface area contributed by atoms with Crippen molar-refractivity contribution in [2.45, 2.75) is 31.1 Å². The minimum atomic E-state index is -3.80. The zero-order valence-electron chi connectivity index (χ0n) is 14.0. The van der Waals surface area contributed by atoms with Crippen molar-refractivity contribution >= 4 is 27.4 Å². The molecule has 0 atom stereocenters. The van der Waals surface area contributed by atoms with E-state index in [0.29, 0.717) is 36.4 Å². The second-order valence-corrected chi connectivity index (χ2v) is 7.53. The van der Waals surface area contributed by atoms with Gasteiger partial charge in [0.1, 0.15) is 5.82 Å². The molecule has 2 N–H and O–H groups in total. The Labute approximate surface area is 146 Å². The molecule has 0 spiro atoms. The molecule has 7 nitrogen and oxygen atoms in total. The molecule has 1 aliphatic rings. The van der Waals surface area contributed by atoms with Crippen LogP contribution in [0.25, 0.3) is 0 Å². The minimum Gasteiger partial charge on any atom is -0.481 e. The van der Waals surface area contributed by atoms with Crippen molar-refractivity contribution in [3.63, 3.8) is 0 Å². The van der Waals surface area contributed by atoms with Crippen LogP contribution in [0.1, 0.15) is 24.0 Å². The van der Waals surface area contributed by atoms with Crippen LogP contribution in [0.2, 0.25) is 0 Å². The molecule has 0 radical (unpaired) electrons. The van der Waals surface area contributed by atoms with Gasteiger partial charge in [-0.05, 0) is 49.1 Å². The third kappa shape index (κ3) is 3.74. The predicted octanol–water partition coefficient (Wildman–Crippen LogP) is 2.47. The summed E-state index contributed by atoms with van der Waals surface area (Å²) >= 11 is 0. The van der Waals surface area contributed by atoms with Crippen LogP contribution in [0.3, 0.4) is 0 Å². The summed E-state index contributed by atoms with van der Waals surface area (Å²) in [7, 11) is -2.33. The van der Waals surface area contributed by atoms with Gasteiger partial charge >= 0.3 is 0 Å². The summed E-state index contributed by atoms with van der Waals surface area (Å²) in [5.41, 5.74) is 2.16. The second kappa shape index (κ2) is 6.72. The van der Waals surface area contributed by atoms with Gasteiger partial charge in [-0.15, -0.1) is 0 Å². The van der Waals surface area contributed by atoms with E-state index in [-0.39, 0.29) is 16.6 Å². The summed E-state index contributed by atoms with van der Waals surface area (Å²) in [4.78, 5) is 15.9. The highest BCUT2D eigenvalue weighted by molar-refractivity contribution is 7.92. The van der Waals surface area contributed by atoms with Gasteiger partial charge in [0, 0.05) is 18.2 Å². The van der Waals surface area contributed by atoms with Gasteiger partial charge in [0.05, 0.1) is 12.0 Å². The van der Waals surface area contributed by atoms with Crippen molar-refractivity contribution in [1.29, 1.82) is 0 Å². The number of aryl methyl sites for hydroxylation is 2. The van der Waals surface area contributed by atoms with Gasteiger partial charge in [0.2, 0.25) is 11.8 Å². The zero-order chi connectivity index (χ0) is 18.0. The molecule has 1 aromatic heterocycles. The molecule has 3 rings (SSSR count). The first-order chi connectivity index (χ1) is 11.9. The number of hydrogen-bond donors (Lipinski definition) is 2. The highest BCUT2D eigenvalue weighted by Crippen LogP contribution is 2.27. The number of amides is 1. The lowest BCUT2D eigenvalue weighted by molar-refractivity contribution is -0.116. The summed E-state index contributed by atoms with van der Waals surface area (Å²) in [6, 6.07) is 8.09. The number of ether oxygens (including phenoxy) is 1. The van der Waals surface area contributed by atoms with Crippen molar-refractivity contribution < 1.29 is 17.9 Å². The van der Waals surface area contributed by atoms with Crippen molar-refractivity contribution in [2.24, 2.45) is 0 Å². The lowest BCUT2D eigenvalue weighted by atomic mass is 10.1. The molecule has 25 heavy (non-hydrogen) atoms. The molecule has 1 amide bonds. The van der Waals surface area contributed by atoms with Crippen molar-refractivity contribution in [2.75, 3.05) is 17.1 Å². The summed E-state index contributed by atoms with van der Waals surface area (Å²) < 4.78 is 33.0. The maximum Gasteiger partial charge on any atom is 0.263 e. The lowest BCUT2D eigenvalue weighted by Gasteiger charge is -2.13. The first-order valence-corrected chi connectivity index (χ1v) is 9.34. The smallest absolute Gasteiger partial charge is 0.263 e. The van der Waals surface area contributed by atoms with Crippen LogP contribution in [0.5, 0.6) is 5.88 Å². The lowest BCUT2D eigenvalue weighted by Crippen LogP contribution is -2.16. The van der Waals surface area contributed by atoms with Crippen LogP contribution in [-0.2, 0) is 21.2 Å². The molecule has 0 saturated carbocycles. The Morgan fingerprint density at radius 2 is 2.00 bits per heavy atom. The van der Waals surface area contributed by atoms with Gasteiger partial charge < -0.3 is 10.1 Å². The molecule has 0 aliphatic carbocycles. The summed E-state index contributed by atoms with van der Waals surface area (Å²) in [6.45, 7) is 1.76. The number of sulfonamides is 1. The maximum atomic E-state index is 12.7. The van der Waals surface area contributed by atoms with Gasteiger partial charge in [-0.3, -0.25) is 9.52 Å². The van der Waals surface area contributed by atoms with Gasteiger partial charge in [0.15, 0.2) is 0 Å². The molecule has 0 unspecified atom stereocenters. The number of rotatable bonds is 4. The number of methoxy groups -OCH3 is 1. The summed E-state index contributed by atoms with van der Waals surface area (Å²) in [6.07, 6.45) is 1.77. The van der Waals surface area contributed by atoms with Crippen LogP contribution in [0.4, 0.5) is 11.5 Å². The molecule has 2 heterocycles. The van der Waals surface area contributed by atoms with Crippen molar-refractivity contribution in [3.05, 3.63) is 41.5 Å². The van der Waals surface area contributed by atoms with E-state index in [2.05, 4.69) is 15.0 Å². The maximum absolute atomic E-state index is 12.7. The third-order valence-corrected chi connectivity index (χ3v) is 5.36. The van der Waals surface area contributed by atoms with E-state index in [9.17, 15) is 13.2 Å². The zero-order valence-corrected chi connectivity index (χ0v) is 14.8. The Hall–Kier alpha value is -2.61. The van der Waals surface area contributed by atoms with Crippen LogP contribution in [0, 0.1) is 6.92 Å². The minimum absolute atomic E-state index is 0.0521. The number of pyridine rings is 1. The van der Waals surface area contributed by atoms with Gasteiger partial charge in [-0.2, -0.15) is 4.98 Å². The average molecular weight is 361 g/mol. The van der Waals surface area contributed by atoms with Crippen LogP contribution in [0.15, 0.2) is 35.2 Å². The number of anilines is 2. The molecule has 132 valence electrons. The fraction of sp³-hybridized carbons (Fsp3) is 0.294. The molecule has 2 aromatic rings. The van der Waals surface area contributed by atoms with E-state index in [1.54, 1.807) is 31.2 Å².